The lowest BCUT2D eigenvalue weighted by molar-refractivity contribution is 0.830. The number of hydrogen-bond donors (Lipinski definition) is 0. The fraction of sp³-hybridized carbons (Fsp3) is 0.235. The van der Waals surface area contributed by atoms with Crippen molar-refractivity contribution in [2.24, 2.45) is 0 Å². The van der Waals surface area contributed by atoms with Gasteiger partial charge in [-0.15, -0.1) is 0 Å². The fourth-order valence-electron chi connectivity index (χ4n) is 2.11. The van der Waals surface area contributed by atoms with Gasteiger partial charge >= 0.3 is 0 Å². The summed E-state index contributed by atoms with van der Waals surface area (Å²) in [6, 6.07) is 18.6. The molecule has 19 heavy (non-hydrogen) atoms. The average molecular weight is 250 g/mol. The second kappa shape index (κ2) is 6.06. The first-order valence-corrected chi connectivity index (χ1v) is 6.54. The Hall–Kier alpha value is -2.27. The van der Waals surface area contributed by atoms with Crippen LogP contribution in [0.25, 0.3) is 0 Å². The molecule has 0 saturated heterocycles. The molecule has 0 atom stereocenters. The van der Waals surface area contributed by atoms with Crippen LogP contribution >= 0.6 is 0 Å². The summed E-state index contributed by atoms with van der Waals surface area (Å²) in [5, 5.41) is 9.14. The number of nitrogens with zero attached hydrogens (tertiary/aromatic N) is 2. The molecular weight excluding hydrogens is 232 g/mol. The number of benzene rings is 2. The molecule has 0 spiro atoms. The summed E-state index contributed by atoms with van der Waals surface area (Å²) in [5.41, 5.74) is 4.29. The highest BCUT2D eigenvalue weighted by atomic mass is 15.1. The summed E-state index contributed by atoms with van der Waals surface area (Å²) in [6.07, 6.45) is 0. The number of nitriles is 1. The van der Waals surface area contributed by atoms with E-state index in [9.17, 15) is 0 Å². The first-order valence-electron chi connectivity index (χ1n) is 6.54. The number of aryl methyl sites for hydroxylation is 1. The van der Waals surface area contributed by atoms with Gasteiger partial charge in [-0.05, 0) is 37.6 Å². The normalized spacial score (nSPS) is 9.95. The van der Waals surface area contributed by atoms with Gasteiger partial charge in [0.15, 0.2) is 0 Å². The smallest absolute Gasteiger partial charge is 0.0995 e. The Morgan fingerprint density at radius 3 is 2.37 bits per heavy atom. The van der Waals surface area contributed by atoms with E-state index >= 15 is 0 Å². The van der Waals surface area contributed by atoms with Crippen LogP contribution in [-0.4, -0.2) is 6.54 Å². The maximum Gasteiger partial charge on any atom is 0.0995 e. The Morgan fingerprint density at radius 1 is 1.05 bits per heavy atom. The molecule has 0 N–H and O–H groups in total. The van der Waals surface area contributed by atoms with Crippen LogP contribution in [-0.2, 0) is 6.54 Å². The minimum atomic E-state index is 0.757. The van der Waals surface area contributed by atoms with Crippen LogP contribution in [0.1, 0.15) is 23.6 Å². The van der Waals surface area contributed by atoms with Gasteiger partial charge in [-0.1, -0.05) is 35.9 Å². The lowest BCUT2D eigenvalue weighted by atomic mass is 10.1. The van der Waals surface area contributed by atoms with Crippen molar-refractivity contribution in [3.8, 4) is 6.07 Å². The van der Waals surface area contributed by atoms with Crippen molar-refractivity contribution < 1.29 is 0 Å². The number of rotatable bonds is 4. The summed E-state index contributed by atoms with van der Waals surface area (Å²) < 4.78 is 0. The van der Waals surface area contributed by atoms with Crippen LogP contribution in [0.2, 0.25) is 0 Å². The first kappa shape index (κ1) is 13.2. The van der Waals surface area contributed by atoms with Crippen molar-refractivity contribution in [1.82, 2.24) is 0 Å². The van der Waals surface area contributed by atoms with Crippen LogP contribution in [0.5, 0.6) is 0 Å². The second-order valence-corrected chi connectivity index (χ2v) is 4.62. The minimum Gasteiger partial charge on any atom is -0.367 e. The summed E-state index contributed by atoms with van der Waals surface area (Å²) in [4.78, 5) is 2.27. The Morgan fingerprint density at radius 2 is 1.74 bits per heavy atom. The third-order valence-electron chi connectivity index (χ3n) is 3.28. The second-order valence-electron chi connectivity index (χ2n) is 4.62. The van der Waals surface area contributed by atoms with Crippen molar-refractivity contribution in [2.45, 2.75) is 20.4 Å². The Labute approximate surface area is 114 Å². The van der Waals surface area contributed by atoms with Crippen LogP contribution in [0.3, 0.4) is 0 Å². The van der Waals surface area contributed by atoms with Crippen LogP contribution in [0, 0.1) is 18.3 Å². The zero-order chi connectivity index (χ0) is 13.7. The molecule has 2 rings (SSSR count). The molecule has 96 valence electrons. The molecule has 0 aliphatic heterocycles. The van der Waals surface area contributed by atoms with Crippen LogP contribution in [0.4, 0.5) is 5.69 Å². The minimum absolute atomic E-state index is 0.757. The molecule has 0 bridgehead atoms. The van der Waals surface area contributed by atoms with Gasteiger partial charge < -0.3 is 4.90 Å². The van der Waals surface area contributed by atoms with Crippen LogP contribution < -0.4 is 4.90 Å². The number of anilines is 1. The SMILES string of the molecule is CCN(Cc1ccccc1C#N)c1ccc(C)cc1. The van der Waals surface area contributed by atoms with E-state index in [1.165, 1.54) is 11.3 Å². The molecule has 0 fully saturated rings. The average Bonchev–Trinajstić information content (AvgIpc) is 2.46. The van der Waals surface area contributed by atoms with E-state index in [0.717, 1.165) is 24.2 Å². The monoisotopic (exact) mass is 250 g/mol. The van der Waals surface area contributed by atoms with Gasteiger partial charge in [0.25, 0.3) is 0 Å². The first-order chi connectivity index (χ1) is 9.24. The van der Waals surface area contributed by atoms with Crippen LogP contribution in [0.15, 0.2) is 48.5 Å². The summed E-state index contributed by atoms with van der Waals surface area (Å²) in [7, 11) is 0. The molecule has 0 heterocycles. The van der Waals surface area contributed by atoms with E-state index in [2.05, 4.69) is 49.1 Å². The summed E-state index contributed by atoms with van der Waals surface area (Å²) >= 11 is 0. The van der Waals surface area contributed by atoms with Crippen molar-refractivity contribution in [3.05, 3.63) is 65.2 Å². The topological polar surface area (TPSA) is 27.0 Å². The predicted molar refractivity (Wildman–Crippen MR) is 79.1 cm³/mol. The van der Waals surface area contributed by atoms with Gasteiger partial charge in [-0.25, -0.2) is 0 Å². The molecule has 0 radical (unpaired) electrons. The Balaban J connectivity index is 2.24. The largest absolute Gasteiger partial charge is 0.367 e. The Kier molecular flexibility index (Phi) is 4.20. The van der Waals surface area contributed by atoms with Gasteiger partial charge in [-0.2, -0.15) is 5.26 Å². The molecule has 0 aliphatic carbocycles. The molecule has 0 aromatic heterocycles. The standard InChI is InChI=1S/C17H18N2/c1-3-19(17-10-8-14(2)9-11-17)13-16-7-5-4-6-15(16)12-18/h4-11H,3,13H2,1-2H3. The fourth-order valence-corrected chi connectivity index (χ4v) is 2.11. The van der Waals surface area contributed by atoms with Crippen molar-refractivity contribution >= 4 is 5.69 Å². The summed E-state index contributed by atoms with van der Waals surface area (Å²) in [5.74, 6) is 0. The maximum absolute atomic E-state index is 9.14. The molecule has 2 nitrogen and oxygen atoms in total. The molecule has 0 aliphatic rings. The van der Waals surface area contributed by atoms with E-state index < -0.39 is 0 Å². The van der Waals surface area contributed by atoms with E-state index in [1.807, 2.05) is 24.3 Å². The van der Waals surface area contributed by atoms with Gasteiger partial charge in [0, 0.05) is 18.8 Å². The molecule has 2 aromatic carbocycles. The highest BCUT2D eigenvalue weighted by molar-refractivity contribution is 5.49. The van der Waals surface area contributed by atoms with Crippen molar-refractivity contribution in [3.63, 3.8) is 0 Å². The lowest BCUT2D eigenvalue weighted by Gasteiger charge is -2.23. The van der Waals surface area contributed by atoms with Crippen molar-refractivity contribution in [2.75, 3.05) is 11.4 Å². The predicted octanol–water partition coefficient (Wildman–Crippen LogP) is 3.89. The van der Waals surface area contributed by atoms with Gasteiger partial charge in [-0.3, -0.25) is 0 Å². The zero-order valence-corrected chi connectivity index (χ0v) is 11.4. The van der Waals surface area contributed by atoms with Crippen molar-refractivity contribution in [1.29, 1.82) is 5.26 Å². The quantitative estimate of drug-likeness (QED) is 0.823. The lowest BCUT2D eigenvalue weighted by Crippen LogP contribution is -2.22. The third kappa shape index (κ3) is 3.14. The molecule has 2 heteroatoms. The van der Waals surface area contributed by atoms with Gasteiger partial charge in [0.1, 0.15) is 0 Å². The highest BCUT2D eigenvalue weighted by Gasteiger charge is 2.08. The molecule has 0 unspecified atom stereocenters. The molecule has 0 saturated carbocycles. The highest BCUT2D eigenvalue weighted by Crippen LogP contribution is 2.19. The molecule has 0 amide bonds. The maximum atomic E-state index is 9.14. The van der Waals surface area contributed by atoms with E-state index in [-0.39, 0.29) is 0 Å². The third-order valence-corrected chi connectivity index (χ3v) is 3.28. The molecular formula is C17H18N2. The van der Waals surface area contributed by atoms with E-state index in [0.29, 0.717) is 0 Å². The zero-order valence-electron chi connectivity index (χ0n) is 11.4. The van der Waals surface area contributed by atoms with E-state index in [4.69, 9.17) is 5.26 Å². The molecule has 2 aromatic rings. The van der Waals surface area contributed by atoms with E-state index in [1.54, 1.807) is 0 Å². The van der Waals surface area contributed by atoms with Gasteiger partial charge in [0.05, 0.1) is 11.6 Å². The van der Waals surface area contributed by atoms with Gasteiger partial charge in [0.2, 0.25) is 0 Å². The number of hydrogen-bond acceptors (Lipinski definition) is 2. The Bertz CT molecular complexity index is 579. The summed E-state index contributed by atoms with van der Waals surface area (Å²) in [6.45, 7) is 5.91.